The monoisotopic (exact) mass is 1070 g/mol. The minimum absolute atomic E-state index is 0.00265. The molecule has 17 nitrogen and oxygen atoms in total. The smallest absolute Gasteiger partial charge is 0.490 e. The number of thiazole rings is 1. The van der Waals surface area contributed by atoms with E-state index in [0.29, 0.717) is 88.4 Å². The molecule has 2 aromatic carbocycles. The average Bonchev–Trinajstić information content (AvgIpc) is 3.87. The fourth-order valence-electron chi connectivity index (χ4n) is 9.04. The number of piperidine rings is 1. The third kappa shape index (κ3) is 18.4. The Bertz CT molecular complexity index is 2310. The van der Waals surface area contributed by atoms with E-state index in [9.17, 15) is 45.8 Å². The number of ether oxygens (including phenoxy) is 3. The van der Waals surface area contributed by atoms with Gasteiger partial charge in [-0.05, 0) is 74.2 Å². The number of nitrogens with one attached hydrogen (secondary N) is 2. The quantitative estimate of drug-likeness (QED) is 0.0476. The van der Waals surface area contributed by atoms with Gasteiger partial charge in [-0.2, -0.15) is 26.3 Å². The van der Waals surface area contributed by atoms with Crippen molar-refractivity contribution in [1.82, 2.24) is 25.0 Å². The number of carbonyl (C=O) groups excluding carboxylic acids is 3. The number of fused-ring (bicyclic) bond motifs is 1. The summed E-state index contributed by atoms with van der Waals surface area (Å²) in [6, 6.07) is 12.5. The van der Waals surface area contributed by atoms with E-state index in [1.807, 2.05) is 16.3 Å². The summed E-state index contributed by atoms with van der Waals surface area (Å²) in [5.74, 6) is -4.77. The Kier molecular flexibility index (Phi) is 22.3. The molecule has 1 spiro atoms. The van der Waals surface area contributed by atoms with Crippen molar-refractivity contribution in [3.63, 3.8) is 0 Å². The van der Waals surface area contributed by atoms with Gasteiger partial charge in [0.05, 0.1) is 36.8 Å². The molecule has 1 saturated carbocycles. The van der Waals surface area contributed by atoms with Crippen LogP contribution in [0.4, 0.5) is 32.0 Å². The number of alkyl halides is 6. The highest BCUT2D eigenvalue weighted by Gasteiger charge is 2.42. The number of aromatic hydroxyl groups is 1. The summed E-state index contributed by atoms with van der Waals surface area (Å²) < 4.78 is 81.5. The maximum Gasteiger partial charge on any atom is 0.490 e. The van der Waals surface area contributed by atoms with E-state index < -0.39 is 24.3 Å². The molecule has 24 heteroatoms. The number of rotatable bonds is 18. The lowest BCUT2D eigenvalue weighted by atomic mass is 9.89. The van der Waals surface area contributed by atoms with E-state index in [0.717, 1.165) is 81.6 Å². The number of amides is 3. The van der Waals surface area contributed by atoms with Crippen molar-refractivity contribution in [3.8, 4) is 11.5 Å². The van der Waals surface area contributed by atoms with Crippen LogP contribution in [0.25, 0.3) is 0 Å². The van der Waals surface area contributed by atoms with E-state index >= 15 is 0 Å². The van der Waals surface area contributed by atoms with E-state index in [1.54, 1.807) is 17.4 Å². The molecular weight excluding hydrogens is 1010 g/mol. The van der Waals surface area contributed by atoms with Crippen LogP contribution in [-0.4, -0.2) is 161 Å². The third-order valence-corrected chi connectivity index (χ3v) is 14.0. The number of anilines is 1. The molecule has 0 unspecified atom stereocenters. The predicted molar refractivity (Wildman–Crippen MR) is 260 cm³/mol. The second kappa shape index (κ2) is 27.8. The summed E-state index contributed by atoms with van der Waals surface area (Å²) in [4.78, 5) is 67.5. The molecule has 7 rings (SSSR count). The van der Waals surface area contributed by atoms with Crippen molar-refractivity contribution in [2.75, 3.05) is 77.6 Å². The molecule has 1 aliphatic carbocycles. The molecule has 4 aliphatic rings. The number of aliphatic carboxylic acids is 2. The Morgan fingerprint density at radius 3 is 2.27 bits per heavy atom. The van der Waals surface area contributed by atoms with Crippen LogP contribution in [0.3, 0.4) is 0 Å². The molecule has 3 fully saturated rings. The Morgan fingerprint density at radius 1 is 0.946 bits per heavy atom. The number of carboxylic acid groups (broad SMARTS) is 2. The number of benzene rings is 2. The number of carboxylic acids is 2. The molecule has 0 atom stereocenters. The Hall–Kier alpha value is -5.56. The SMILES string of the molecule is CC(C)c1nc(C(=O)N2CCOC3(CCN(Cc4cccc(CCCOCCC(=O)N(CCNCCc5ccc(O)c6c5OCC(=O)N6)C5CCCCC5)c4)CC3)C2)cs1.O=C(O)C(F)(F)F.O=C(O)C(F)(F)F. The second-order valence-electron chi connectivity index (χ2n) is 18.8. The molecule has 74 heavy (non-hydrogen) atoms. The number of phenols is 1. The van der Waals surface area contributed by atoms with Crippen LogP contribution < -0.4 is 15.4 Å². The van der Waals surface area contributed by atoms with Crippen molar-refractivity contribution in [2.24, 2.45) is 0 Å². The first-order valence-electron chi connectivity index (χ1n) is 24.7. The van der Waals surface area contributed by atoms with Crippen molar-refractivity contribution in [2.45, 2.75) is 121 Å². The molecule has 3 aliphatic heterocycles. The van der Waals surface area contributed by atoms with Crippen molar-refractivity contribution < 1.29 is 79.8 Å². The number of hydrogen-bond donors (Lipinski definition) is 5. The van der Waals surface area contributed by atoms with Gasteiger partial charge in [0.1, 0.15) is 17.1 Å². The van der Waals surface area contributed by atoms with E-state index in [2.05, 4.69) is 63.5 Å². The van der Waals surface area contributed by atoms with Gasteiger partial charge in [0.15, 0.2) is 12.4 Å². The van der Waals surface area contributed by atoms with Gasteiger partial charge in [0, 0.05) is 63.2 Å². The van der Waals surface area contributed by atoms with Gasteiger partial charge in [0.2, 0.25) is 5.91 Å². The topological polar surface area (TPSA) is 220 Å². The van der Waals surface area contributed by atoms with Crippen molar-refractivity contribution >= 4 is 46.7 Å². The average molecular weight is 1070 g/mol. The first-order valence-corrected chi connectivity index (χ1v) is 25.6. The van der Waals surface area contributed by atoms with Crippen LogP contribution in [0.1, 0.15) is 110 Å². The van der Waals surface area contributed by atoms with Crippen molar-refractivity contribution in [1.29, 1.82) is 0 Å². The molecule has 0 bridgehead atoms. The number of aryl methyl sites for hydroxylation is 1. The van der Waals surface area contributed by atoms with Crippen LogP contribution >= 0.6 is 11.3 Å². The summed E-state index contributed by atoms with van der Waals surface area (Å²) in [6.07, 6.45) is 0.171. The second-order valence-corrected chi connectivity index (χ2v) is 19.7. The highest BCUT2D eigenvalue weighted by Crippen LogP contribution is 2.39. The van der Waals surface area contributed by atoms with Gasteiger partial charge in [-0.25, -0.2) is 14.6 Å². The number of likely N-dealkylation sites (tertiary alicyclic amines) is 1. The molecule has 2 saturated heterocycles. The molecule has 3 aromatic rings. The molecular formula is C50H66F6N6O11S. The number of carbonyl (C=O) groups is 5. The number of phenolic OH excluding ortho intramolecular Hbond substituents is 1. The molecule has 0 radical (unpaired) electrons. The number of aromatic nitrogens is 1. The zero-order chi connectivity index (χ0) is 54.1. The summed E-state index contributed by atoms with van der Waals surface area (Å²) >= 11 is 1.57. The maximum absolute atomic E-state index is 13.5. The fraction of sp³-hybridized carbons (Fsp3) is 0.600. The Morgan fingerprint density at radius 2 is 1.62 bits per heavy atom. The number of hydrogen-bond acceptors (Lipinski definition) is 13. The lowest BCUT2D eigenvalue weighted by Crippen LogP contribution is -2.58. The van der Waals surface area contributed by atoms with Crippen LogP contribution in [0.5, 0.6) is 11.5 Å². The first-order chi connectivity index (χ1) is 35.0. The maximum atomic E-state index is 13.5. The molecule has 3 amide bonds. The van der Waals surface area contributed by atoms with E-state index in [1.165, 1.54) is 17.5 Å². The molecule has 1 aromatic heterocycles. The number of nitrogens with zero attached hydrogens (tertiary/aromatic N) is 4. The van der Waals surface area contributed by atoms with E-state index in [4.69, 9.17) is 34.0 Å². The summed E-state index contributed by atoms with van der Waals surface area (Å²) in [7, 11) is 0. The van der Waals surface area contributed by atoms with Crippen LogP contribution in [0.15, 0.2) is 41.8 Å². The van der Waals surface area contributed by atoms with Crippen LogP contribution in [-0.2, 0) is 48.0 Å². The number of halogens is 6. The van der Waals surface area contributed by atoms with Gasteiger partial charge < -0.3 is 50.0 Å². The zero-order valence-electron chi connectivity index (χ0n) is 41.5. The highest BCUT2D eigenvalue weighted by molar-refractivity contribution is 7.09. The number of morpholine rings is 1. The zero-order valence-corrected chi connectivity index (χ0v) is 42.3. The largest absolute Gasteiger partial charge is 0.506 e. The first kappa shape index (κ1) is 59.3. The predicted octanol–water partition coefficient (Wildman–Crippen LogP) is 7.41. The minimum Gasteiger partial charge on any atom is -0.506 e. The summed E-state index contributed by atoms with van der Waals surface area (Å²) in [5.41, 5.74) is 4.14. The standard InChI is InChI=1S/C46H64N6O7S.2C2HF3O2/c1-33(2)44-48-38(31-60-44)45(56)51-24-27-59-46(32-51)17-21-50(22-18-46)29-35-9-6-8-34(28-35)10-7-25-57-26-16-41(55)52(37-11-4-3-5-12-37)23-20-47-19-15-36-13-14-39(53)42-43(36)58-30-40(54)49-42;2*3-2(4,5)1(6)7/h6,8-9,13-14,28,31,33,37,47,53H,3-5,7,10-12,15-27,29-30,32H2,1-2H3,(H,49,54);2*(H,6,7). The van der Waals surface area contributed by atoms with Gasteiger partial charge >= 0.3 is 24.3 Å². The Labute approximate surface area is 429 Å². The normalized spacial score (nSPS) is 17.0. The lowest BCUT2D eigenvalue weighted by Gasteiger charge is -2.47. The molecule has 4 heterocycles. The van der Waals surface area contributed by atoms with Gasteiger partial charge in [-0.15, -0.1) is 11.3 Å². The fourth-order valence-corrected chi connectivity index (χ4v) is 9.85. The third-order valence-electron chi connectivity index (χ3n) is 12.9. The molecule has 410 valence electrons. The lowest BCUT2D eigenvalue weighted by molar-refractivity contribution is -0.193. The van der Waals surface area contributed by atoms with E-state index in [-0.39, 0.29) is 41.7 Å². The van der Waals surface area contributed by atoms with Gasteiger partial charge in [0.25, 0.3) is 11.8 Å². The van der Waals surface area contributed by atoms with Crippen molar-refractivity contribution in [3.05, 3.63) is 69.2 Å². The highest BCUT2D eigenvalue weighted by atomic mass is 32.1. The van der Waals surface area contributed by atoms with Gasteiger partial charge in [-0.1, -0.05) is 63.4 Å². The van der Waals surface area contributed by atoms with Crippen LogP contribution in [0, 0.1) is 0 Å². The van der Waals surface area contributed by atoms with Gasteiger partial charge in [-0.3, -0.25) is 19.3 Å². The summed E-state index contributed by atoms with van der Waals surface area (Å²) in [5, 5.41) is 33.5. The minimum atomic E-state index is -5.08. The van der Waals surface area contributed by atoms with Crippen LogP contribution in [0.2, 0.25) is 0 Å². The molecule has 5 N–H and O–H groups in total. The summed E-state index contributed by atoms with van der Waals surface area (Å²) in [6.45, 7) is 11.8. The Balaban J connectivity index is 0.000000636.